The summed E-state index contributed by atoms with van der Waals surface area (Å²) in [6.07, 6.45) is 60.5. The number of esters is 6. The molecule has 10 aliphatic carbocycles. The van der Waals surface area contributed by atoms with E-state index in [9.17, 15) is 49.2 Å². The Balaban J connectivity index is 0.000000157. The molecule has 0 spiro atoms. The Morgan fingerprint density at radius 3 is 0.565 bits per heavy atom. The summed E-state index contributed by atoms with van der Waals surface area (Å²) in [7, 11) is 0. The summed E-state index contributed by atoms with van der Waals surface area (Å²) in [5.74, 6) is 14.7. The predicted molar refractivity (Wildman–Crippen MR) is 547 cm³/mol. The van der Waals surface area contributed by atoms with Crippen LogP contribution in [0.15, 0.2) is 182 Å². The van der Waals surface area contributed by atoms with E-state index >= 15 is 0 Å². The molecule has 10 atom stereocenters. The van der Waals surface area contributed by atoms with Gasteiger partial charge in [-0.3, -0.25) is 0 Å². The van der Waals surface area contributed by atoms with Gasteiger partial charge in [-0.1, -0.05) is 326 Å². The highest BCUT2D eigenvalue weighted by Crippen LogP contribution is 2.41. The van der Waals surface area contributed by atoms with Gasteiger partial charge in [0.15, 0.2) is 18.3 Å². The topological polar surface area (TPSA) is 239 Å². The van der Waals surface area contributed by atoms with Gasteiger partial charge in [-0.05, 0) is 281 Å². The van der Waals surface area contributed by atoms with Crippen LogP contribution < -0.4 is 0 Å². The molecule has 0 aliphatic heterocycles. The number of carbonyl (C=O) groups is 6. The molecule has 750 valence electrons. The van der Waals surface area contributed by atoms with Gasteiger partial charge in [-0.2, -0.15) is 0 Å². The highest BCUT2D eigenvalue weighted by atomic mass is 16.6. The number of benzene rings is 6. The van der Waals surface area contributed by atoms with Crippen LogP contribution in [-0.2, 0) is 28.4 Å². The van der Waals surface area contributed by atoms with E-state index in [0.717, 1.165) is 180 Å². The van der Waals surface area contributed by atoms with Crippen LogP contribution in [0, 0.1) is 82.9 Å². The van der Waals surface area contributed by atoms with Gasteiger partial charge in [0.2, 0.25) is 0 Å². The zero-order chi connectivity index (χ0) is 96.4. The first-order valence-corrected chi connectivity index (χ1v) is 55.0. The van der Waals surface area contributed by atoms with Crippen molar-refractivity contribution < 1.29 is 77.6 Å². The maximum atomic E-state index is 12.9. The zero-order valence-electron chi connectivity index (χ0n) is 83.2. The maximum absolute atomic E-state index is 12.9. The fourth-order valence-electron chi connectivity index (χ4n) is 23.5. The van der Waals surface area contributed by atoms with Crippen molar-refractivity contribution in [3.8, 4) is 23.7 Å². The van der Waals surface area contributed by atoms with E-state index < -0.39 is 24.4 Å². The lowest BCUT2D eigenvalue weighted by atomic mass is 9.80. The summed E-state index contributed by atoms with van der Waals surface area (Å²) in [5, 5.41) is 41.5. The van der Waals surface area contributed by atoms with Gasteiger partial charge in [-0.15, -0.1) is 0 Å². The van der Waals surface area contributed by atoms with E-state index in [0.29, 0.717) is 68.9 Å². The average Bonchev–Trinajstić information content (AvgIpc) is 0.854. The van der Waals surface area contributed by atoms with Crippen molar-refractivity contribution in [2.75, 3.05) is 0 Å². The van der Waals surface area contributed by atoms with Crippen LogP contribution in [0.2, 0.25) is 0 Å². The molecule has 16 rings (SSSR count). The molecule has 0 radical (unpaired) electrons. The summed E-state index contributed by atoms with van der Waals surface area (Å²) >= 11 is 0. The average molecular weight is 1890 g/mol. The van der Waals surface area contributed by atoms with E-state index in [-0.39, 0.29) is 96.1 Å². The number of ether oxygens (including phenoxy) is 6. The Bertz CT molecular complexity index is 4320. The second kappa shape index (κ2) is 61.7. The quantitative estimate of drug-likeness (QED) is 0.0180. The summed E-state index contributed by atoms with van der Waals surface area (Å²) in [6.45, 7) is 0. The minimum Gasteiger partial charge on any atom is -0.458 e. The molecular formula is C122H166O16. The van der Waals surface area contributed by atoms with Gasteiger partial charge in [0.1, 0.15) is 24.4 Å². The third-order valence-electron chi connectivity index (χ3n) is 32.0. The lowest BCUT2D eigenvalue weighted by molar-refractivity contribution is -0.0174. The van der Waals surface area contributed by atoms with Crippen molar-refractivity contribution in [1.29, 1.82) is 0 Å². The Morgan fingerprint density at radius 1 is 0.196 bits per heavy atom. The van der Waals surface area contributed by atoms with Gasteiger partial charge in [0.05, 0.1) is 51.7 Å². The molecule has 4 N–H and O–H groups in total. The van der Waals surface area contributed by atoms with Crippen LogP contribution in [0.25, 0.3) is 0 Å². The van der Waals surface area contributed by atoms with E-state index in [4.69, 9.17) is 28.4 Å². The standard InChI is InChI=1S/C30H38O4.C30H34O4.C23H34O3.C23H30O3.C16H30O2/c2*31-29(25-17-9-3-10-18-25)33-27(23-13-5-1-6-14-23)21-22-28(24-15-7-2-8-16-24)34-30(32)26-19-11-4-12-20-26;2*24-21(18-10-4-1-5-11-18)16-17-22(19-12-6-2-7-13-19)26-23(25)20-14-8-3-9-15-20;17-15(13-7-3-1-4-8-13)11-12-16(18)14-9-5-2-6-10-14/h3-4,9-12,17-20,23-24,27-28H,1-2,5-8,13-16,21-22H2;3-4,9-12,17-20,23-24,27-28H,1-2,5-8,13-16H2;3,8-9,14-15,18-19,21-22,24H,1-2,4-7,10-13,16-17H2;3,8-9,14-15,18-19,21-22,24H,1-2,4-7,10-13H2;13-18H,1-12H2/t2*27-,28-;2*21-,22-;15-,16-/m00000/s1. The molecule has 10 aliphatic rings. The largest absolute Gasteiger partial charge is 0.458 e. The number of hydrogen-bond donors (Lipinski definition) is 4. The Hall–Kier alpha value is -8.90. The van der Waals surface area contributed by atoms with Crippen LogP contribution >= 0.6 is 0 Å². The Kier molecular flexibility index (Phi) is 48.3. The molecule has 16 nitrogen and oxygen atoms in total. The molecule has 16 heteroatoms. The molecule has 10 saturated carbocycles. The van der Waals surface area contributed by atoms with Gasteiger partial charge in [-0.25, -0.2) is 28.8 Å². The molecule has 6 aromatic rings. The monoisotopic (exact) mass is 1890 g/mol. The zero-order valence-corrected chi connectivity index (χ0v) is 83.2. The summed E-state index contributed by atoms with van der Waals surface area (Å²) in [6, 6.07) is 55.1. The first-order valence-electron chi connectivity index (χ1n) is 55.0. The Morgan fingerprint density at radius 2 is 0.355 bits per heavy atom. The normalized spacial score (nSPS) is 21.0. The number of hydrogen-bond acceptors (Lipinski definition) is 16. The Labute approximate surface area is 827 Å². The van der Waals surface area contributed by atoms with Gasteiger partial charge < -0.3 is 48.8 Å². The molecule has 10 fully saturated rings. The van der Waals surface area contributed by atoms with Gasteiger partial charge in [0.25, 0.3) is 0 Å². The summed E-state index contributed by atoms with van der Waals surface area (Å²) in [4.78, 5) is 76.5. The molecule has 0 unspecified atom stereocenters. The second-order valence-corrected chi connectivity index (χ2v) is 41.9. The van der Waals surface area contributed by atoms with Gasteiger partial charge in [0, 0.05) is 17.8 Å². The minimum absolute atomic E-state index is 0.0544. The lowest BCUT2D eigenvalue weighted by Crippen LogP contribution is -2.33. The smallest absolute Gasteiger partial charge is 0.339 e. The molecule has 0 saturated heterocycles. The third kappa shape index (κ3) is 37.5. The number of aliphatic hydroxyl groups is 4. The van der Waals surface area contributed by atoms with Crippen LogP contribution in [0.1, 0.15) is 422 Å². The van der Waals surface area contributed by atoms with Crippen LogP contribution in [0.3, 0.4) is 0 Å². The molecule has 0 heterocycles. The fourth-order valence-corrected chi connectivity index (χ4v) is 23.5. The van der Waals surface area contributed by atoms with Crippen molar-refractivity contribution in [3.63, 3.8) is 0 Å². The van der Waals surface area contributed by atoms with E-state index in [2.05, 4.69) is 23.7 Å². The predicted octanol–water partition coefficient (Wildman–Crippen LogP) is 27.9. The summed E-state index contributed by atoms with van der Waals surface area (Å²) < 4.78 is 35.9. The van der Waals surface area contributed by atoms with E-state index in [1.54, 1.807) is 36.4 Å². The van der Waals surface area contributed by atoms with E-state index in [1.807, 2.05) is 146 Å². The van der Waals surface area contributed by atoms with Gasteiger partial charge >= 0.3 is 35.8 Å². The van der Waals surface area contributed by atoms with E-state index in [1.165, 1.54) is 180 Å². The van der Waals surface area contributed by atoms with Crippen LogP contribution in [-0.4, -0.2) is 117 Å². The van der Waals surface area contributed by atoms with Crippen molar-refractivity contribution in [3.05, 3.63) is 215 Å². The van der Waals surface area contributed by atoms with Crippen LogP contribution in [0.5, 0.6) is 0 Å². The first-order chi connectivity index (χ1) is 67.7. The minimum atomic E-state index is -0.600. The van der Waals surface area contributed by atoms with Crippen molar-refractivity contribution in [2.24, 2.45) is 59.2 Å². The SMILES string of the molecule is O=C(O[C@@H](C#C[C@H](O)C1CCCCC1)C1CCCCC1)c1ccccc1.O=C(O[C@@H](C#C[C@H](OC(=O)c1ccccc1)C1CCCCC1)C1CCCCC1)c1ccccc1.O=C(O[C@@H](CC[C@H](O)C1CCCCC1)C1CCCCC1)c1ccccc1.O=C(O[C@@H](CC[C@H](OC(=O)c1ccccc1)C1CCCCC1)C1CCCCC1)c1ccccc1.O[C@@H](CC[C@H](O)C1CCCCC1)C1CCCCC1. The lowest BCUT2D eigenvalue weighted by Gasteiger charge is -2.34. The number of rotatable bonds is 31. The molecule has 0 bridgehead atoms. The van der Waals surface area contributed by atoms with Crippen LogP contribution in [0.4, 0.5) is 0 Å². The third-order valence-corrected chi connectivity index (χ3v) is 32.0. The highest BCUT2D eigenvalue weighted by molar-refractivity contribution is 5.92. The molecule has 0 amide bonds. The highest BCUT2D eigenvalue weighted by Gasteiger charge is 2.37. The molecular weight excluding hydrogens is 1720 g/mol. The van der Waals surface area contributed by atoms with Crippen molar-refractivity contribution in [1.82, 2.24) is 0 Å². The number of carbonyl (C=O) groups excluding carboxylic acids is 6. The van der Waals surface area contributed by atoms with Crippen molar-refractivity contribution in [2.45, 2.75) is 421 Å². The number of aliphatic hydroxyl groups excluding tert-OH is 4. The fraction of sp³-hybridized carbons (Fsp3) is 0.623. The second-order valence-electron chi connectivity index (χ2n) is 41.9. The molecule has 0 aromatic heterocycles. The van der Waals surface area contributed by atoms with Crippen molar-refractivity contribution >= 4 is 35.8 Å². The summed E-state index contributed by atoms with van der Waals surface area (Å²) in [5.41, 5.74) is 3.45. The first kappa shape index (κ1) is 108. The maximum Gasteiger partial charge on any atom is 0.339 e. The molecule has 6 aromatic carbocycles. The molecule has 138 heavy (non-hydrogen) atoms.